The third-order valence-corrected chi connectivity index (χ3v) is 9.69. The van der Waals surface area contributed by atoms with Gasteiger partial charge in [0.2, 0.25) is 35.4 Å². The van der Waals surface area contributed by atoms with Gasteiger partial charge in [-0.05, 0) is 31.5 Å². The molecule has 294 valence electrons. The number of phenolic OH excluding ortho intramolecular Hbond substituents is 1. The lowest BCUT2D eigenvalue weighted by Gasteiger charge is -2.34. The van der Waals surface area contributed by atoms with Gasteiger partial charge in [0, 0.05) is 38.3 Å². The number of aliphatic hydroxyl groups is 7. The number of nitrogens with one attached hydrogen (secondary N) is 4. The number of rotatable bonds is 5. The topological polar surface area (TPSA) is 319 Å². The zero-order valence-electron chi connectivity index (χ0n) is 29.3. The lowest BCUT2D eigenvalue weighted by Crippen LogP contribution is -2.64. The van der Waals surface area contributed by atoms with E-state index in [4.69, 9.17) is 0 Å². The number of carbonyl (C=O) groups excluding carboxylic acids is 6. The van der Waals surface area contributed by atoms with E-state index >= 15 is 0 Å². The molecule has 1 aromatic carbocycles. The van der Waals surface area contributed by atoms with Crippen LogP contribution in [0.2, 0.25) is 0 Å². The zero-order valence-corrected chi connectivity index (χ0v) is 29.3. The first-order valence-corrected chi connectivity index (χ1v) is 17.2. The van der Waals surface area contributed by atoms with Gasteiger partial charge < -0.3 is 71.9 Å². The molecule has 3 aliphatic heterocycles. The number of aliphatic hydroxyl groups excluding tert-OH is 7. The molecule has 6 amide bonds. The molecule has 0 spiro atoms. The van der Waals surface area contributed by atoms with Gasteiger partial charge in [0.1, 0.15) is 54.4 Å². The molecule has 5 unspecified atom stereocenters. The van der Waals surface area contributed by atoms with E-state index < -0.39 is 134 Å². The Hall–Kier alpha value is -4.44. The Morgan fingerprint density at radius 1 is 0.717 bits per heavy atom. The summed E-state index contributed by atoms with van der Waals surface area (Å²) in [6.07, 6.45) is -13.1. The normalized spacial score (nSPS) is 33.4. The summed E-state index contributed by atoms with van der Waals surface area (Å²) in [5.41, 5.74) is -0.0216. The van der Waals surface area contributed by atoms with Crippen molar-refractivity contribution in [2.24, 2.45) is 5.92 Å². The minimum absolute atomic E-state index is 0.0216. The van der Waals surface area contributed by atoms with Gasteiger partial charge >= 0.3 is 0 Å². The minimum atomic E-state index is -2.19. The van der Waals surface area contributed by atoms with Crippen LogP contribution < -0.4 is 21.3 Å². The van der Waals surface area contributed by atoms with Gasteiger partial charge in [-0.25, -0.2) is 0 Å². The highest BCUT2D eigenvalue weighted by Crippen LogP contribution is 2.27. The summed E-state index contributed by atoms with van der Waals surface area (Å²) in [6.45, 7) is 3.13. The largest absolute Gasteiger partial charge is 0.508 e. The van der Waals surface area contributed by atoms with E-state index in [0.717, 1.165) is 16.7 Å². The summed E-state index contributed by atoms with van der Waals surface area (Å²) in [6, 6.07) is -4.06. The zero-order chi connectivity index (χ0) is 39.5. The molecule has 0 saturated carbocycles. The van der Waals surface area contributed by atoms with E-state index in [1.165, 1.54) is 38.1 Å². The van der Waals surface area contributed by atoms with E-state index in [1.807, 2.05) is 0 Å². The third-order valence-electron chi connectivity index (χ3n) is 9.69. The molecule has 12 N–H and O–H groups in total. The molecular weight excluding hydrogens is 704 g/mol. The van der Waals surface area contributed by atoms with Crippen molar-refractivity contribution in [3.05, 3.63) is 29.8 Å². The van der Waals surface area contributed by atoms with Crippen LogP contribution in [-0.4, -0.2) is 166 Å². The van der Waals surface area contributed by atoms with Crippen LogP contribution in [0.1, 0.15) is 51.7 Å². The Kier molecular flexibility index (Phi) is 13.4. The van der Waals surface area contributed by atoms with Crippen LogP contribution in [0.5, 0.6) is 5.75 Å². The Morgan fingerprint density at radius 2 is 1.28 bits per heavy atom. The molecule has 53 heavy (non-hydrogen) atoms. The lowest BCUT2D eigenvalue weighted by atomic mass is 9.96. The Morgan fingerprint density at radius 3 is 1.89 bits per heavy atom. The molecule has 3 saturated heterocycles. The maximum Gasteiger partial charge on any atom is 0.248 e. The first-order chi connectivity index (χ1) is 24.8. The number of fused-ring (bicyclic) bond motifs is 2. The van der Waals surface area contributed by atoms with Gasteiger partial charge in [-0.1, -0.05) is 19.1 Å². The van der Waals surface area contributed by atoms with E-state index in [9.17, 15) is 69.6 Å². The quantitative estimate of drug-likeness (QED) is 0.134. The highest BCUT2D eigenvalue weighted by atomic mass is 16.3. The van der Waals surface area contributed by atoms with E-state index in [1.54, 1.807) is 0 Å². The van der Waals surface area contributed by atoms with Crippen molar-refractivity contribution in [1.29, 1.82) is 0 Å². The van der Waals surface area contributed by atoms with Crippen molar-refractivity contribution in [2.75, 3.05) is 13.1 Å². The fourth-order valence-electron chi connectivity index (χ4n) is 6.68. The van der Waals surface area contributed by atoms with Crippen molar-refractivity contribution in [1.82, 2.24) is 31.1 Å². The predicted molar refractivity (Wildman–Crippen MR) is 178 cm³/mol. The molecule has 13 atom stereocenters. The summed E-state index contributed by atoms with van der Waals surface area (Å²) in [5, 5.41) is 94.2. The maximum atomic E-state index is 14.0. The van der Waals surface area contributed by atoms with Gasteiger partial charge in [-0.2, -0.15) is 0 Å². The third kappa shape index (κ3) is 9.39. The van der Waals surface area contributed by atoms with Crippen molar-refractivity contribution >= 4 is 35.4 Å². The number of carbonyl (C=O) groups is 6. The highest BCUT2D eigenvalue weighted by molar-refractivity contribution is 5.97. The van der Waals surface area contributed by atoms with Crippen molar-refractivity contribution < 1.29 is 69.6 Å². The van der Waals surface area contributed by atoms with Crippen LogP contribution in [0.3, 0.4) is 0 Å². The Labute approximate surface area is 303 Å². The van der Waals surface area contributed by atoms with Crippen molar-refractivity contribution in [2.45, 2.75) is 113 Å². The van der Waals surface area contributed by atoms with Crippen LogP contribution in [0.4, 0.5) is 0 Å². The molecule has 1 aromatic rings. The molecular formula is C33H48N6O14. The van der Waals surface area contributed by atoms with Crippen LogP contribution in [0.15, 0.2) is 24.3 Å². The second kappa shape index (κ2) is 17.1. The molecule has 0 aromatic heterocycles. The molecule has 3 heterocycles. The molecule has 3 aliphatic rings. The second-order valence-corrected chi connectivity index (χ2v) is 13.9. The minimum Gasteiger partial charge on any atom is -0.508 e. The standard InChI is InChI=1S/C33H48N6O14/c1-13-11-39-25(26(13)46)31(51)35-21(45)9-8-20(44)34-22(14(2)40)32(52)38-12-18(43)10-19(38)29(49)37-24(30(50)36-23(15(3)41)33(39)53)28(48)27(47)16-4-6-17(42)7-5-16/h4-7,13-15,18-19,21-28,40-43,45-48H,8-12H2,1-3H3,(H,34,44)(H,35,51)(H,36,50)(H,37,49)/t13-,14+,15+,18+,19?,21+,22?,23?,24?,25?,26-,27-,28-/m0/s1. The Balaban J connectivity index is 1.78. The van der Waals surface area contributed by atoms with Crippen LogP contribution in [0.25, 0.3) is 0 Å². The van der Waals surface area contributed by atoms with Gasteiger partial charge in [-0.3, -0.25) is 28.8 Å². The SMILES string of the molecule is C[C@@H](O)C1NC(=O)CC[C@@H](O)NC(=O)C2[C@@H](O)[C@@H](C)CN2C(=O)C([C@@H](C)O)NC(=O)C([C@H](O)[C@@H](O)c2ccc(O)cc2)NC(=O)C2C[C@@H](O)CN2C1=O. The number of hydrogen-bond acceptors (Lipinski definition) is 14. The monoisotopic (exact) mass is 752 g/mol. The lowest BCUT2D eigenvalue weighted by molar-refractivity contribution is -0.148. The van der Waals surface area contributed by atoms with E-state index in [2.05, 4.69) is 21.3 Å². The maximum absolute atomic E-state index is 14.0. The van der Waals surface area contributed by atoms with Crippen LogP contribution >= 0.6 is 0 Å². The molecule has 4 rings (SSSR count). The fourth-order valence-corrected chi connectivity index (χ4v) is 6.68. The molecule has 0 radical (unpaired) electrons. The molecule has 20 heteroatoms. The summed E-state index contributed by atoms with van der Waals surface area (Å²) in [7, 11) is 0. The number of aromatic hydroxyl groups is 1. The smallest absolute Gasteiger partial charge is 0.248 e. The first-order valence-electron chi connectivity index (χ1n) is 17.2. The van der Waals surface area contributed by atoms with Crippen molar-refractivity contribution in [3.63, 3.8) is 0 Å². The number of amides is 6. The summed E-state index contributed by atoms with van der Waals surface area (Å²) in [5.74, 6) is -7.34. The molecule has 0 aliphatic carbocycles. The highest BCUT2D eigenvalue weighted by Gasteiger charge is 2.49. The average molecular weight is 753 g/mol. The summed E-state index contributed by atoms with van der Waals surface area (Å²) >= 11 is 0. The average Bonchev–Trinajstić information content (AvgIpc) is 3.64. The Bertz CT molecular complexity index is 1530. The second-order valence-electron chi connectivity index (χ2n) is 13.9. The van der Waals surface area contributed by atoms with Gasteiger partial charge in [0.15, 0.2) is 0 Å². The number of benzene rings is 1. The van der Waals surface area contributed by atoms with Gasteiger partial charge in [-0.15, -0.1) is 0 Å². The number of nitrogens with zero attached hydrogens (tertiary/aromatic N) is 2. The summed E-state index contributed by atoms with van der Waals surface area (Å²) in [4.78, 5) is 83.3. The molecule has 20 nitrogen and oxygen atoms in total. The van der Waals surface area contributed by atoms with Crippen LogP contribution in [0, 0.1) is 5.92 Å². The summed E-state index contributed by atoms with van der Waals surface area (Å²) < 4.78 is 0. The van der Waals surface area contributed by atoms with Crippen molar-refractivity contribution in [3.8, 4) is 5.75 Å². The molecule has 3 fully saturated rings. The van der Waals surface area contributed by atoms with Crippen LogP contribution in [-0.2, 0) is 28.8 Å². The first kappa shape index (κ1) is 41.3. The van der Waals surface area contributed by atoms with E-state index in [-0.39, 0.29) is 24.3 Å². The number of hydrogen-bond donors (Lipinski definition) is 12. The molecule has 0 bridgehead atoms. The predicted octanol–water partition coefficient (Wildman–Crippen LogP) is -5.60. The van der Waals surface area contributed by atoms with E-state index in [0.29, 0.717) is 0 Å². The fraction of sp³-hybridized carbons (Fsp3) is 0.636. The van der Waals surface area contributed by atoms with Gasteiger partial charge in [0.05, 0.1) is 24.4 Å². The number of phenols is 1. The van der Waals surface area contributed by atoms with Gasteiger partial charge in [0.25, 0.3) is 0 Å².